The van der Waals surface area contributed by atoms with Crippen molar-refractivity contribution in [3.8, 4) is 0 Å². The van der Waals surface area contributed by atoms with Crippen LogP contribution in [0.1, 0.15) is 16.7 Å². The van der Waals surface area contributed by atoms with Crippen molar-refractivity contribution in [3.05, 3.63) is 38.0 Å². The van der Waals surface area contributed by atoms with Gasteiger partial charge in [-0.15, -0.1) is 11.3 Å². The Balaban J connectivity index is 1.84. The molecule has 0 aliphatic carbocycles. The maximum atomic E-state index is 6.13. The molecule has 1 aliphatic heterocycles. The highest BCUT2D eigenvalue weighted by Crippen LogP contribution is 2.37. The molecule has 2 aromatic rings. The van der Waals surface area contributed by atoms with Gasteiger partial charge in [0, 0.05) is 41.4 Å². The van der Waals surface area contributed by atoms with Gasteiger partial charge in [0.05, 0.1) is 12.6 Å². The van der Waals surface area contributed by atoms with Crippen LogP contribution in [0, 0.1) is 0 Å². The van der Waals surface area contributed by atoms with Crippen molar-refractivity contribution in [1.29, 1.82) is 0 Å². The number of thiophene rings is 1. The quantitative estimate of drug-likeness (QED) is 0.914. The van der Waals surface area contributed by atoms with E-state index in [1.807, 2.05) is 12.4 Å². The summed E-state index contributed by atoms with van der Waals surface area (Å²) in [6.07, 6.45) is 3.89. The first-order valence-corrected chi connectivity index (χ1v) is 8.06. The number of nitrogens with two attached hydrogens (primary N) is 1. The van der Waals surface area contributed by atoms with Crippen LogP contribution in [0.15, 0.2) is 22.9 Å². The molecule has 0 amide bonds. The van der Waals surface area contributed by atoms with E-state index in [0.717, 1.165) is 34.3 Å². The Morgan fingerprint density at radius 3 is 3.05 bits per heavy atom. The first-order valence-electron chi connectivity index (χ1n) is 6.08. The van der Waals surface area contributed by atoms with E-state index in [-0.39, 0.29) is 6.04 Å². The zero-order valence-corrected chi connectivity index (χ0v) is 13.4. The molecule has 0 radical (unpaired) electrons. The van der Waals surface area contributed by atoms with Crippen LogP contribution in [0.5, 0.6) is 0 Å². The largest absolute Gasteiger partial charge is 0.333 e. The number of rotatable bonds is 3. The molecule has 7 heteroatoms. The number of aromatic nitrogens is 2. The molecule has 3 heterocycles. The van der Waals surface area contributed by atoms with Gasteiger partial charge in [0.25, 0.3) is 0 Å². The van der Waals surface area contributed by atoms with Crippen molar-refractivity contribution in [3.63, 3.8) is 0 Å². The minimum Gasteiger partial charge on any atom is -0.333 e. The lowest BCUT2D eigenvalue weighted by molar-refractivity contribution is 0.158. The van der Waals surface area contributed by atoms with E-state index in [2.05, 4.69) is 36.4 Å². The molecule has 1 unspecified atom stereocenters. The van der Waals surface area contributed by atoms with E-state index in [1.165, 1.54) is 4.88 Å². The van der Waals surface area contributed by atoms with Gasteiger partial charge in [-0.25, -0.2) is 4.98 Å². The minimum absolute atomic E-state index is 0.208. The third kappa shape index (κ3) is 2.60. The SMILES string of the molecule is NCC(c1cc(Br)c(Cl)s1)N1CCn2ccnc2C1. The average Bonchev–Trinajstić information content (AvgIpc) is 2.98. The Hall–Kier alpha value is -0.400. The van der Waals surface area contributed by atoms with Crippen LogP contribution in [-0.2, 0) is 13.1 Å². The molecule has 0 saturated carbocycles. The molecule has 2 aromatic heterocycles. The smallest absolute Gasteiger partial charge is 0.122 e. The summed E-state index contributed by atoms with van der Waals surface area (Å²) in [6.45, 7) is 3.37. The fourth-order valence-corrected chi connectivity index (χ4v) is 4.32. The standard InChI is InChI=1S/C12H14BrClN4S/c13-8-5-10(19-12(8)14)9(6-15)18-4-3-17-2-1-16-11(17)7-18/h1-2,5,9H,3-4,6-7,15H2. The Morgan fingerprint density at radius 2 is 2.37 bits per heavy atom. The van der Waals surface area contributed by atoms with E-state index in [0.29, 0.717) is 6.54 Å². The monoisotopic (exact) mass is 360 g/mol. The number of nitrogens with zero attached hydrogens (tertiary/aromatic N) is 3. The second kappa shape index (κ2) is 5.54. The summed E-state index contributed by atoms with van der Waals surface area (Å²) in [5, 5.41) is 0. The van der Waals surface area contributed by atoms with Gasteiger partial charge < -0.3 is 10.3 Å². The lowest BCUT2D eigenvalue weighted by atomic mass is 10.2. The summed E-state index contributed by atoms with van der Waals surface area (Å²) < 4.78 is 3.93. The van der Waals surface area contributed by atoms with E-state index in [1.54, 1.807) is 11.3 Å². The van der Waals surface area contributed by atoms with Crippen molar-refractivity contribution >= 4 is 38.9 Å². The average molecular weight is 362 g/mol. The summed E-state index contributed by atoms with van der Waals surface area (Å²) in [4.78, 5) is 7.97. The molecular weight excluding hydrogens is 348 g/mol. The molecule has 1 atom stereocenters. The van der Waals surface area contributed by atoms with Crippen molar-refractivity contribution in [2.45, 2.75) is 19.1 Å². The summed E-state index contributed by atoms with van der Waals surface area (Å²) >= 11 is 11.2. The number of imidazole rings is 1. The van der Waals surface area contributed by atoms with E-state index in [9.17, 15) is 0 Å². The predicted octanol–water partition coefficient (Wildman–Crippen LogP) is 2.88. The molecule has 1 aliphatic rings. The van der Waals surface area contributed by atoms with Gasteiger partial charge in [-0.05, 0) is 22.0 Å². The molecule has 2 N–H and O–H groups in total. The topological polar surface area (TPSA) is 47.1 Å². The van der Waals surface area contributed by atoms with Gasteiger partial charge in [-0.2, -0.15) is 0 Å². The number of fused-ring (bicyclic) bond motifs is 1. The predicted molar refractivity (Wildman–Crippen MR) is 81.5 cm³/mol. The summed E-state index contributed by atoms with van der Waals surface area (Å²) in [5.41, 5.74) is 5.97. The molecule has 19 heavy (non-hydrogen) atoms. The molecule has 0 fully saturated rings. The van der Waals surface area contributed by atoms with Crippen LogP contribution >= 0.6 is 38.9 Å². The van der Waals surface area contributed by atoms with Crippen LogP contribution < -0.4 is 5.73 Å². The molecule has 0 saturated heterocycles. The normalized spacial score (nSPS) is 17.4. The van der Waals surface area contributed by atoms with Gasteiger partial charge in [0.1, 0.15) is 10.2 Å². The Morgan fingerprint density at radius 1 is 1.53 bits per heavy atom. The molecular formula is C12H14BrClN4S. The maximum Gasteiger partial charge on any atom is 0.122 e. The Labute approximate surface area is 129 Å². The van der Waals surface area contributed by atoms with Crippen molar-refractivity contribution in [2.24, 2.45) is 5.73 Å². The Kier molecular flexibility index (Phi) is 3.96. The van der Waals surface area contributed by atoms with Crippen molar-refractivity contribution in [2.75, 3.05) is 13.1 Å². The highest BCUT2D eigenvalue weighted by Gasteiger charge is 2.26. The van der Waals surface area contributed by atoms with Crippen LogP contribution in [0.2, 0.25) is 4.34 Å². The number of hydrogen-bond acceptors (Lipinski definition) is 4. The van der Waals surface area contributed by atoms with Gasteiger partial charge in [-0.1, -0.05) is 11.6 Å². The fraction of sp³-hybridized carbons (Fsp3) is 0.417. The lowest BCUT2D eigenvalue weighted by Gasteiger charge is -2.33. The molecule has 4 nitrogen and oxygen atoms in total. The van der Waals surface area contributed by atoms with Crippen molar-refractivity contribution in [1.82, 2.24) is 14.5 Å². The van der Waals surface area contributed by atoms with Crippen LogP contribution in [-0.4, -0.2) is 27.5 Å². The second-order valence-electron chi connectivity index (χ2n) is 4.53. The molecule has 0 aromatic carbocycles. The lowest BCUT2D eigenvalue weighted by Crippen LogP contribution is -2.39. The third-order valence-corrected chi connectivity index (χ3v) is 6.01. The van der Waals surface area contributed by atoms with Gasteiger partial charge >= 0.3 is 0 Å². The summed E-state index contributed by atoms with van der Waals surface area (Å²) in [6, 6.07) is 2.28. The molecule has 0 spiro atoms. The number of halogens is 2. The van der Waals surface area contributed by atoms with E-state index < -0.39 is 0 Å². The van der Waals surface area contributed by atoms with Crippen LogP contribution in [0.25, 0.3) is 0 Å². The van der Waals surface area contributed by atoms with E-state index >= 15 is 0 Å². The highest BCUT2D eigenvalue weighted by atomic mass is 79.9. The minimum atomic E-state index is 0.208. The Bertz CT molecular complexity index is 563. The molecule has 3 rings (SSSR count). The fourth-order valence-electron chi connectivity index (χ4n) is 2.43. The third-order valence-electron chi connectivity index (χ3n) is 3.43. The summed E-state index contributed by atoms with van der Waals surface area (Å²) in [7, 11) is 0. The summed E-state index contributed by atoms with van der Waals surface area (Å²) in [5.74, 6) is 1.10. The van der Waals surface area contributed by atoms with Crippen molar-refractivity contribution < 1.29 is 0 Å². The first kappa shape index (κ1) is 13.6. The second-order valence-corrected chi connectivity index (χ2v) is 7.07. The van der Waals surface area contributed by atoms with Crippen LogP contribution in [0.4, 0.5) is 0 Å². The van der Waals surface area contributed by atoms with Gasteiger partial charge in [0.15, 0.2) is 0 Å². The highest BCUT2D eigenvalue weighted by molar-refractivity contribution is 9.10. The van der Waals surface area contributed by atoms with Crippen LogP contribution in [0.3, 0.4) is 0 Å². The number of hydrogen-bond donors (Lipinski definition) is 1. The zero-order valence-electron chi connectivity index (χ0n) is 10.2. The van der Waals surface area contributed by atoms with Gasteiger partial charge in [0.2, 0.25) is 0 Å². The molecule has 0 bridgehead atoms. The van der Waals surface area contributed by atoms with Gasteiger partial charge in [-0.3, -0.25) is 4.90 Å². The van der Waals surface area contributed by atoms with E-state index in [4.69, 9.17) is 17.3 Å². The maximum absolute atomic E-state index is 6.13. The molecule has 102 valence electrons. The first-order chi connectivity index (χ1) is 9.19. The zero-order chi connectivity index (χ0) is 13.4.